The SMILES string of the molecule is CON=C1CCCCCCCCC[C@@]23CCC[C@@]1(OO2)O3. The molecule has 5 heteroatoms. The third-order valence-electron chi connectivity index (χ3n) is 4.86. The van der Waals surface area contributed by atoms with Crippen LogP contribution in [0.4, 0.5) is 0 Å². The Kier molecular flexibility index (Phi) is 4.82. The lowest BCUT2D eigenvalue weighted by molar-refractivity contribution is -0.335. The Morgan fingerprint density at radius 2 is 1.57 bits per heavy atom. The van der Waals surface area contributed by atoms with Gasteiger partial charge < -0.3 is 9.57 Å². The first-order chi connectivity index (χ1) is 10.3. The summed E-state index contributed by atoms with van der Waals surface area (Å²) in [5.41, 5.74) is 0.853. The van der Waals surface area contributed by atoms with Gasteiger partial charge in [0.2, 0.25) is 11.6 Å². The second kappa shape index (κ2) is 6.63. The summed E-state index contributed by atoms with van der Waals surface area (Å²) < 4.78 is 6.30. The average Bonchev–Trinajstić information content (AvgIpc) is 2.76. The van der Waals surface area contributed by atoms with E-state index in [0.29, 0.717) is 0 Å². The quantitative estimate of drug-likeness (QED) is 0.541. The lowest BCUT2D eigenvalue weighted by Gasteiger charge is -2.34. The zero-order valence-corrected chi connectivity index (χ0v) is 13.1. The molecule has 3 aliphatic rings. The highest BCUT2D eigenvalue weighted by Gasteiger charge is 2.58. The Morgan fingerprint density at radius 1 is 0.857 bits per heavy atom. The van der Waals surface area contributed by atoms with E-state index < -0.39 is 11.6 Å². The van der Waals surface area contributed by atoms with Gasteiger partial charge in [0.25, 0.3) is 0 Å². The van der Waals surface area contributed by atoms with E-state index in [9.17, 15) is 0 Å². The molecule has 3 saturated heterocycles. The molecule has 0 aromatic heterocycles. The molecule has 3 heterocycles. The van der Waals surface area contributed by atoms with Crippen molar-refractivity contribution in [2.75, 3.05) is 7.11 Å². The van der Waals surface area contributed by atoms with E-state index in [1.165, 1.54) is 32.1 Å². The lowest BCUT2D eigenvalue weighted by Crippen LogP contribution is -2.46. The molecule has 21 heavy (non-hydrogen) atoms. The van der Waals surface area contributed by atoms with Crippen LogP contribution in [0.1, 0.15) is 77.0 Å². The molecule has 3 aliphatic heterocycles. The maximum Gasteiger partial charge on any atom is 0.246 e. The topological polar surface area (TPSA) is 49.3 Å². The summed E-state index contributed by atoms with van der Waals surface area (Å²) in [5, 5.41) is 4.21. The molecule has 3 fully saturated rings. The van der Waals surface area contributed by atoms with Crippen molar-refractivity contribution in [3.63, 3.8) is 0 Å². The first-order valence-corrected chi connectivity index (χ1v) is 8.46. The van der Waals surface area contributed by atoms with E-state index in [2.05, 4.69) is 5.16 Å². The predicted octanol–water partition coefficient (Wildman–Crippen LogP) is 4.07. The van der Waals surface area contributed by atoms with Crippen molar-refractivity contribution >= 4 is 5.71 Å². The zero-order chi connectivity index (χ0) is 14.6. The van der Waals surface area contributed by atoms with Gasteiger partial charge in [-0.3, -0.25) is 0 Å². The summed E-state index contributed by atoms with van der Waals surface area (Å²) in [6, 6.07) is 0. The third kappa shape index (κ3) is 3.25. The first-order valence-electron chi connectivity index (χ1n) is 8.46. The van der Waals surface area contributed by atoms with Gasteiger partial charge in [-0.25, -0.2) is 0 Å². The smallest absolute Gasteiger partial charge is 0.246 e. The van der Waals surface area contributed by atoms with Crippen molar-refractivity contribution in [3.05, 3.63) is 0 Å². The van der Waals surface area contributed by atoms with Crippen LogP contribution in [0.3, 0.4) is 0 Å². The van der Waals surface area contributed by atoms with E-state index in [0.717, 1.165) is 50.7 Å². The highest BCUT2D eigenvalue weighted by molar-refractivity contribution is 5.91. The number of ether oxygens (including phenoxy) is 1. The molecule has 0 amide bonds. The van der Waals surface area contributed by atoms with Crippen LogP contribution in [-0.4, -0.2) is 24.4 Å². The van der Waals surface area contributed by atoms with Gasteiger partial charge in [-0.15, -0.1) is 0 Å². The van der Waals surface area contributed by atoms with Gasteiger partial charge in [-0.2, -0.15) is 9.78 Å². The van der Waals surface area contributed by atoms with Crippen LogP contribution in [-0.2, 0) is 19.3 Å². The van der Waals surface area contributed by atoms with Gasteiger partial charge in [0.1, 0.15) is 12.8 Å². The molecule has 5 nitrogen and oxygen atoms in total. The van der Waals surface area contributed by atoms with Crippen LogP contribution < -0.4 is 0 Å². The van der Waals surface area contributed by atoms with Crippen LogP contribution in [0.2, 0.25) is 0 Å². The van der Waals surface area contributed by atoms with Gasteiger partial charge in [-0.05, 0) is 25.7 Å². The van der Waals surface area contributed by atoms with Crippen LogP contribution in [0.5, 0.6) is 0 Å². The Morgan fingerprint density at radius 3 is 2.38 bits per heavy atom. The second-order valence-electron chi connectivity index (χ2n) is 6.48. The number of hydrogen-bond acceptors (Lipinski definition) is 5. The molecular weight excluding hydrogens is 270 g/mol. The molecule has 3 rings (SSSR count). The minimum atomic E-state index is -0.803. The van der Waals surface area contributed by atoms with Gasteiger partial charge >= 0.3 is 0 Å². The molecule has 120 valence electrons. The Bertz CT molecular complexity index is 386. The Hall–Kier alpha value is -0.650. The fraction of sp³-hybridized carbons (Fsp3) is 0.938. The predicted molar refractivity (Wildman–Crippen MR) is 78.6 cm³/mol. The minimum absolute atomic E-state index is 0.555. The molecule has 0 saturated carbocycles. The van der Waals surface area contributed by atoms with Gasteiger partial charge in [0.05, 0.1) is 0 Å². The largest absolute Gasteiger partial charge is 0.399 e. The molecular formula is C16H27NO4. The van der Waals surface area contributed by atoms with Gasteiger partial charge in [0.15, 0.2) is 0 Å². The third-order valence-corrected chi connectivity index (χ3v) is 4.86. The fourth-order valence-electron chi connectivity index (χ4n) is 3.71. The van der Waals surface area contributed by atoms with Crippen molar-refractivity contribution in [3.8, 4) is 0 Å². The standard InChI is InChI=1S/C16H27NO4/c1-18-17-14-10-7-5-3-2-4-6-8-11-15-12-9-13-16(14,19-15)21-20-15/h2-13H2,1H3/t15-,16-/m0/s1. The minimum Gasteiger partial charge on any atom is -0.399 e. The van der Waals surface area contributed by atoms with Crippen molar-refractivity contribution in [1.29, 1.82) is 0 Å². The van der Waals surface area contributed by atoms with Crippen LogP contribution in [0.15, 0.2) is 5.16 Å². The number of nitrogens with zero attached hydrogens (tertiary/aromatic N) is 1. The maximum atomic E-state index is 6.30. The van der Waals surface area contributed by atoms with E-state index in [1.807, 2.05) is 0 Å². The summed E-state index contributed by atoms with van der Waals surface area (Å²) in [6.45, 7) is 0. The van der Waals surface area contributed by atoms with Crippen molar-refractivity contribution in [1.82, 2.24) is 0 Å². The van der Waals surface area contributed by atoms with Crippen molar-refractivity contribution < 1.29 is 19.3 Å². The maximum absolute atomic E-state index is 6.30. The zero-order valence-electron chi connectivity index (χ0n) is 13.1. The molecule has 0 radical (unpaired) electrons. The first kappa shape index (κ1) is 15.3. The number of hydrogen-bond donors (Lipinski definition) is 0. The Balaban J connectivity index is 1.80. The van der Waals surface area contributed by atoms with Crippen LogP contribution in [0, 0.1) is 0 Å². The van der Waals surface area contributed by atoms with E-state index in [4.69, 9.17) is 19.3 Å². The highest BCUT2D eigenvalue weighted by atomic mass is 17.3. The van der Waals surface area contributed by atoms with Crippen molar-refractivity contribution in [2.45, 2.75) is 88.6 Å². The molecule has 2 atom stereocenters. The Labute approximate surface area is 126 Å². The molecule has 0 unspecified atom stereocenters. The summed E-state index contributed by atoms with van der Waals surface area (Å²) in [4.78, 5) is 16.4. The summed E-state index contributed by atoms with van der Waals surface area (Å²) in [7, 11) is 1.58. The summed E-state index contributed by atoms with van der Waals surface area (Å²) >= 11 is 0. The fourth-order valence-corrected chi connectivity index (χ4v) is 3.71. The van der Waals surface area contributed by atoms with Crippen LogP contribution in [0.25, 0.3) is 0 Å². The van der Waals surface area contributed by atoms with E-state index >= 15 is 0 Å². The molecule has 2 bridgehead atoms. The summed E-state index contributed by atoms with van der Waals surface area (Å²) in [5.74, 6) is -1.36. The monoisotopic (exact) mass is 297 g/mol. The van der Waals surface area contributed by atoms with Gasteiger partial charge in [-0.1, -0.05) is 37.3 Å². The molecule has 0 N–H and O–H groups in total. The highest BCUT2D eigenvalue weighted by Crippen LogP contribution is 2.48. The second-order valence-corrected chi connectivity index (χ2v) is 6.48. The molecule has 0 aromatic rings. The summed E-state index contributed by atoms with van der Waals surface area (Å²) in [6.07, 6.45) is 13.2. The average molecular weight is 297 g/mol. The number of oxime groups is 1. The molecule has 0 aromatic carbocycles. The van der Waals surface area contributed by atoms with E-state index in [-0.39, 0.29) is 0 Å². The number of rotatable bonds is 1. The molecule has 0 aliphatic carbocycles. The normalized spacial score (nSPS) is 40.1. The van der Waals surface area contributed by atoms with E-state index in [1.54, 1.807) is 7.11 Å². The van der Waals surface area contributed by atoms with Gasteiger partial charge in [0, 0.05) is 19.3 Å². The van der Waals surface area contributed by atoms with Crippen molar-refractivity contribution in [2.24, 2.45) is 5.16 Å². The lowest BCUT2D eigenvalue weighted by atomic mass is 9.92. The van der Waals surface area contributed by atoms with Crippen LogP contribution >= 0.6 is 0 Å². The molecule has 0 spiro atoms.